The number of aromatic amines is 1. The fourth-order valence-electron chi connectivity index (χ4n) is 2.79. The smallest absolute Gasteiger partial charge is 0.221 e. The van der Waals surface area contributed by atoms with Gasteiger partial charge in [-0.1, -0.05) is 42.5 Å². The number of H-pyrrole nitrogens is 1. The predicted octanol–water partition coefficient (Wildman–Crippen LogP) is 3.61. The van der Waals surface area contributed by atoms with E-state index in [9.17, 15) is 4.79 Å². The lowest BCUT2D eigenvalue weighted by molar-refractivity contribution is -0.122. The average Bonchev–Trinajstić information content (AvgIpc) is 3.19. The zero-order valence-corrected chi connectivity index (χ0v) is 12.8. The number of nitrogens with zero attached hydrogens (tertiary/aromatic N) is 1. The highest BCUT2D eigenvalue weighted by Gasteiger charge is 2.17. The topological polar surface area (TPSA) is 57.8 Å². The molecule has 2 aromatic rings. The predicted molar refractivity (Wildman–Crippen MR) is 87.1 cm³/mol. The fraction of sp³-hybridized carbons (Fsp3) is 0.333. The van der Waals surface area contributed by atoms with Gasteiger partial charge in [-0.05, 0) is 31.2 Å². The molecular weight excluding hydrogens is 274 g/mol. The van der Waals surface area contributed by atoms with Gasteiger partial charge >= 0.3 is 0 Å². The molecule has 0 aliphatic heterocycles. The SMILES string of the molecule is CC(NC(=O)CC1C=CCC1)c1ncc(-c2ccccc2)[nH]1. The van der Waals surface area contributed by atoms with E-state index in [0.717, 1.165) is 29.9 Å². The molecule has 0 fully saturated rings. The van der Waals surface area contributed by atoms with Crippen molar-refractivity contribution in [3.8, 4) is 11.3 Å². The molecule has 0 radical (unpaired) electrons. The average molecular weight is 295 g/mol. The first kappa shape index (κ1) is 14.6. The van der Waals surface area contributed by atoms with Crippen LogP contribution in [0.25, 0.3) is 11.3 Å². The number of carbonyl (C=O) groups excluding carboxylic acids is 1. The van der Waals surface area contributed by atoms with Crippen LogP contribution in [0.5, 0.6) is 0 Å². The largest absolute Gasteiger partial charge is 0.346 e. The normalized spacial score (nSPS) is 18.3. The second-order valence-corrected chi connectivity index (χ2v) is 5.81. The Hall–Kier alpha value is -2.36. The van der Waals surface area contributed by atoms with Gasteiger partial charge in [0, 0.05) is 6.42 Å². The molecule has 3 rings (SSSR count). The summed E-state index contributed by atoms with van der Waals surface area (Å²) in [5.41, 5.74) is 2.06. The Bertz CT molecular complexity index is 660. The van der Waals surface area contributed by atoms with Crippen molar-refractivity contribution < 1.29 is 4.79 Å². The van der Waals surface area contributed by atoms with E-state index in [1.807, 2.05) is 43.5 Å². The number of carbonyl (C=O) groups is 1. The van der Waals surface area contributed by atoms with Crippen LogP contribution >= 0.6 is 0 Å². The Balaban J connectivity index is 1.60. The van der Waals surface area contributed by atoms with Crippen molar-refractivity contribution in [2.24, 2.45) is 5.92 Å². The molecule has 0 saturated carbocycles. The van der Waals surface area contributed by atoms with Gasteiger partial charge in [-0.25, -0.2) is 4.98 Å². The summed E-state index contributed by atoms with van der Waals surface area (Å²) in [4.78, 5) is 19.8. The van der Waals surface area contributed by atoms with Crippen molar-refractivity contribution in [3.63, 3.8) is 0 Å². The molecule has 1 aromatic carbocycles. The highest BCUT2D eigenvalue weighted by molar-refractivity contribution is 5.76. The Morgan fingerprint density at radius 2 is 2.23 bits per heavy atom. The van der Waals surface area contributed by atoms with Crippen molar-refractivity contribution >= 4 is 5.91 Å². The Morgan fingerprint density at radius 3 is 2.95 bits per heavy atom. The van der Waals surface area contributed by atoms with Crippen LogP contribution in [0.3, 0.4) is 0 Å². The molecule has 0 bridgehead atoms. The first-order valence-electron chi connectivity index (χ1n) is 7.78. The van der Waals surface area contributed by atoms with Crippen LogP contribution in [0.1, 0.15) is 38.1 Å². The number of hydrogen-bond acceptors (Lipinski definition) is 2. The van der Waals surface area contributed by atoms with E-state index in [4.69, 9.17) is 0 Å². The van der Waals surface area contributed by atoms with Crippen LogP contribution in [-0.2, 0) is 4.79 Å². The van der Waals surface area contributed by atoms with Crippen molar-refractivity contribution in [1.29, 1.82) is 0 Å². The van der Waals surface area contributed by atoms with Crippen LogP contribution in [-0.4, -0.2) is 15.9 Å². The molecule has 1 aromatic heterocycles. The third-order valence-corrected chi connectivity index (χ3v) is 4.03. The standard InChI is InChI=1S/C18H21N3O/c1-13(20-17(22)11-14-7-5-6-8-14)18-19-12-16(21-18)15-9-3-2-4-10-15/h2-5,7,9-10,12-14H,6,8,11H2,1H3,(H,19,21)(H,20,22). The summed E-state index contributed by atoms with van der Waals surface area (Å²) < 4.78 is 0. The Kier molecular flexibility index (Phi) is 4.37. The number of aromatic nitrogens is 2. The molecular formula is C18H21N3O. The number of allylic oxidation sites excluding steroid dienone is 2. The van der Waals surface area contributed by atoms with Crippen molar-refractivity contribution in [2.45, 2.75) is 32.2 Å². The summed E-state index contributed by atoms with van der Waals surface area (Å²) in [6.45, 7) is 1.95. The highest BCUT2D eigenvalue weighted by Crippen LogP contribution is 2.21. The van der Waals surface area contributed by atoms with E-state index in [0.29, 0.717) is 12.3 Å². The van der Waals surface area contributed by atoms with E-state index >= 15 is 0 Å². The maximum Gasteiger partial charge on any atom is 0.221 e. The van der Waals surface area contributed by atoms with Crippen LogP contribution in [0.15, 0.2) is 48.7 Å². The lowest BCUT2D eigenvalue weighted by Gasteiger charge is -2.13. The van der Waals surface area contributed by atoms with E-state index in [2.05, 4.69) is 27.4 Å². The molecule has 4 nitrogen and oxygen atoms in total. The molecule has 22 heavy (non-hydrogen) atoms. The molecule has 2 atom stereocenters. The van der Waals surface area contributed by atoms with E-state index in [-0.39, 0.29) is 11.9 Å². The Labute approximate surface area is 130 Å². The molecule has 1 aliphatic rings. The summed E-state index contributed by atoms with van der Waals surface area (Å²) in [5.74, 6) is 1.26. The summed E-state index contributed by atoms with van der Waals surface area (Å²) in [6.07, 6.45) is 8.84. The van der Waals surface area contributed by atoms with Crippen molar-refractivity contribution in [3.05, 3.63) is 54.5 Å². The molecule has 1 aliphatic carbocycles. The number of rotatable bonds is 5. The third-order valence-electron chi connectivity index (χ3n) is 4.03. The van der Waals surface area contributed by atoms with Gasteiger partial charge in [0.25, 0.3) is 0 Å². The number of imidazole rings is 1. The van der Waals surface area contributed by atoms with Crippen LogP contribution < -0.4 is 5.32 Å². The minimum absolute atomic E-state index is 0.0849. The number of benzene rings is 1. The van der Waals surface area contributed by atoms with Crippen molar-refractivity contribution in [1.82, 2.24) is 15.3 Å². The molecule has 1 heterocycles. The molecule has 0 spiro atoms. The van der Waals surface area contributed by atoms with Gasteiger partial charge in [0.05, 0.1) is 17.9 Å². The first-order chi connectivity index (χ1) is 10.7. The second-order valence-electron chi connectivity index (χ2n) is 5.81. The molecule has 1 amide bonds. The van der Waals surface area contributed by atoms with E-state index in [1.54, 1.807) is 0 Å². The lowest BCUT2D eigenvalue weighted by atomic mass is 10.0. The van der Waals surface area contributed by atoms with Crippen LogP contribution in [0, 0.1) is 5.92 Å². The molecule has 2 unspecified atom stereocenters. The molecule has 2 N–H and O–H groups in total. The van der Waals surface area contributed by atoms with Gasteiger partial charge in [0.1, 0.15) is 5.82 Å². The number of nitrogens with one attached hydrogen (secondary N) is 2. The van der Waals surface area contributed by atoms with Crippen molar-refractivity contribution in [2.75, 3.05) is 0 Å². The minimum Gasteiger partial charge on any atom is -0.346 e. The molecule has 4 heteroatoms. The summed E-state index contributed by atoms with van der Waals surface area (Å²) in [7, 11) is 0. The monoisotopic (exact) mass is 295 g/mol. The lowest BCUT2D eigenvalue weighted by Crippen LogP contribution is -2.28. The zero-order chi connectivity index (χ0) is 15.4. The van der Waals surface area contributed by atoms with Crippen LogP contribution in [0.4, 0.5) is 0 Å². The summed E-state index contributed by atoms with van der Waals surface area (Å²) >= 11 is 0. The number of hydrogen-bond donors (Lipinski definition) is 2. The molecule has 114 valence electrons. The van der Waals surface area contributed by atoms with E-state index in [1.165, 1.54) is 0 Å². The molecule has 0 saturated heterocycles. The van der Waals surface area contributed by atoms with Gasteiger partial charge in [0.15, 0.2) is 0 Å². The maximum absolute atomic E-state index is 12.1. The second kappa shape index (κ2) is 6.60. The third kappa shape index (κ3) is 3.45. The first-order valence-corrected chi connectivity index (χ1v) is 7.78. The number of amides is 1. The van der Waals surface area contributed by atoms with Gasteiger partial charge < -0.3 is 10.3 Å². The Morgan fingerprint density at radius 1 is 1.41 bits per heavy atom. The van der Waals surface area contributed by atoms with Gasteiger partial charge in [-0.2, -0.15) is 0 Å². The minimum atomic E-state index is -0.115. The maximum atomic E-state index is 12.1. The summed E-state index contributed by atoms with van der Waals surface area (Å²) in [6, 6.07) is 9.93. The zero-order valence-electron chi connectivity index (χ0n) is 12.8. The fourth-order valence-corrected chi connectivity index (χ4v) is 2.79. The van der Waals surface area contributed by atoms with Gasteiger partial charge in [-0.3, -0.25) is 4.79 Å². The quantitative estimate of drug-likeness (QED) is 0.828. The van der Waals surface area contributed by atoms with E-state index < -0.39 is 0 Å². The highest BCUT2D eigenvalue weighted by atomic mass is 16.1. The van der Waals surface area contributed by atoms with Crippen LogP contribution in [0.2, 0.25) is 0 Å². The van der Waals surface area contributed by atoms with Gasteiger partial charge in [-0.15, -0.1) is 0 Å². The van der Waals surface area contributed by atoms with Gasteiger partial charge in [0.2, 0.25) is 5.91 Å². The summed E-state index contributed by atoms with van der Waals surface area (Å²) in [5, 5.41) is 3.02.